The normalized spacial score (nSPS) is 42.1. The maximum absolute atomic E-state index is 9.97. The van der Waals surface area contributed by atoms with E-state index in [9.17, 15) is 10.2 Å². The van der Waals surface area contributed by atoms with E-state index < -0.39 is 37.0 Å². The van der Waals surface area contributed by atoms with Crippen molar-refractivity contribution in [1.29, 1.82) is 0 Å². The third kappa shape index (κ3) is 2.27. The number of rotatable bonds is 2. The molecule has 6 heteroatoms. The fourth-order valence-electron chi connectivity index (χ4n) is 2.37. The van der Waals surface area contributed by atoms with Gasteiger partial charge < -0.3 is 29.5 Å². The molecular weight excluding hydrogens is 252 g/mol. The summed E-state index contributed by atoms with van der Waals surface area (Å²) in [5.41, 5.74) is 0.808. The van der Waals surface area contributed by atoms with E-state index in [0.717, 1.165) is 5.56 Å². The average molecular weight is 268 g/mol. The second-order valence-electron chi connectivity index (χ2n) is 4.69. The van der Waals surface area contributed by atoms with Crippen molar-refractivity contribution in [3.63, 3.8) is 0 Å². The number of hydrogen-bond donors (Lipinski definition) is 3. The molecule has 1 aromatic rings. The van der Waals surface area contributed by atoms with Crippen molar-refractivity contribution < 1.29 is 29.5 Å². The standard InChI is InChI=1S/C13H16O6/c14-6-8-9(15)10(16)11-13(17-8)19-12(18-11)7-4-2-1-3-5-7/h1-5,8-16H,6H2/t8-,9-,10+,11-,12+,13-/m1/s1. The topological polar surface area (TPSA) is 88.4 Å². The summed E-state index contributed by atoms with van der Waals surface area (Å²) < 4.78 is 16.6. The molecule has 6 nitrogen and oxygen atoms in total. The van der Waals surface area contributed by atoms with Crippen LogP contribution in [0.5, 0.6) is 0 Å². The van der Waals surface area contributed by atoms with E-state index in [1.54, 1.807) is 0 Å². The molecule has 0 unspecified atom stereocenters. The van der Waals surface area contributed by atoms with Crippen molar-refractivity contribution in [2.75, 3.05) is 6.61 Å². The molecule has 0 aromatic heterocycles. The first-order chi connectivity index (χ1) is 9.20. The first-order valence-electron chi connectivity index (χ1n) is 6.19. The van der Waals surface area contributed by atoms with Crippen LogP contribution in [0.3, 0.4) is 0 Å². The number of fused-ring (bicyclic) bond motifs is 1. The quantitative estimate of drug-likeness (QED) is 0.672. The Labute approximate surface area is 110 Å². The monoisotopic (exact) mass is 268 g/mol. The molecule has 0 aliphatic carbocycles. The predicted octanol–water partition coefficient (Wildman–Crippen LogP) is -0.460. The minimum absolute atomic E-state index is 0.388. The highest BCUT2D eigenvalue weighted by atomic mass is 16.8. The van der Waals surface area contributed by atoms with Crippen molar-refractivity contribution in [2.45, 2.75) is 37.0 Å². The van der Waals surface area contributed by atoms with Gasteiger partial charge in [-0.1, -0.05) is 30.3 Å². The van der Waals surface area contributed by atoms with Crippen LogP contribution in [0.4, 0.5) is 0 Å². The highest BCUT2D eigenvalue weighted by Crippen LogP contribution is 2.37. The second-order valence-corrected chi connectivity index (χ2v) is 4.69. The highest BCUT2D eigenvalue weighted by Gasteiger charge is 2.51. The third-order valence-corrected chi connectivity index (χ3v) is 3.43. The van der Waals surface area contributed by atoms with Gasteiger partial charge in [-0.05, 0) is 0 Å². The van der Waals surface area contributed by atoms with Crippen LogP contribution < -0.4 is 0 Å². The van der Waals surface area contributed by atoms with E-state index in [-0.39, 0.29) is 6.61 Å². The molecule has 104 valence electrons. The van der Waals surface area contributed by atoms with Crippen LogP contribution >= 0.6 is 0 Å². The Morgan fingerprint density at radius 2 is 1.68 bits per heavy atom. The summed E-state index contributed by atoms with van der Waals surface area (Å²) in [5.74, 6) is 0. The zero-order chi connectivity index (χ0) is 13.4. The molecular formula is C13H16O6. The van der Waals surface area contributed by atoms with Gasteiger partial charge in [0.2, 0.25) is 0 Å². The first kappa shape index (κ1) is 13.0. The van der Waals surface area contributed by atoms with Crippen LogP contribution in [0.25, 0.3) is 0 Å². The second kappa shape index (κ2) is 5.16. The van der Waals surface area contributed by atoms with Gasteiger partial charge in [0.05, 0.1) is 6.61 Å². The molecule has 0 amide bonds. The highest BCUT2D eigenvalue weighted by molar-refractivity contribution is 5.17. The van der Waals surface area contributed by atoms with Gasteiger partial charge in [0, 0.05) is 5.56 Å². The third-order valence-electron chi connectivity index (χ3n) is 3.43. The van der Waals surface area contributed by atoms with Gasteiger partial charge in [-0.3, -0.25) is 0 Å². The molecule has 19 heavy (non-hydrogen) atoms. The Hall–Kier alpha value is -1.02. The molecule has 2 aliphatic heterocycles. The van der Waals surface area contributed by atoms with Crippen molar-refractivity contribution in [3.05, 3.63) is 35.9 Å². The SMILES string of the molecule is OC[C@H]1O[C@@H]2O[C@@H](c3ccccc3)O[C@@H]2[C@@H](O)[C@@H]1O. The average Bonchev–Trinajstić information content (AvgIpc) is 2.88. The van der Waals surface area contributed by atoms with Crippen LogP contribution in [0.1, 0.15) is 11.9 Å². The summed E-state index contributed by atoms with van der Waals surface area (Å²) in [4.78, 5) is 0. The molecule has 2 saturated heterocycles. The molecule has 0 spiro atoms. The lowest BCUT2D eigenvalue weighted by molar-refractivity contribution is -0.253. The predicted molar refractivity (Wildman–Crippen MR) is 62.9 cm³/mol. The maximum atomic E-state index is 9.97. The number of ether oxygens (including phenoxy) is 3. The lowest BCUT2D eigenvalue weighted by atomic mass is 9.99. The van der Waals surface area contributed by atoms with Crippen molar-refractivity contribution in [3.8, 4) is 0 Å². The number of aliphatic hydroxyl groups is 3. The largest absolute Gasteiger partial charge is 0.394 e. The molecule has 0 radical (unpaired) electrons. The van der Waals surface area contributed by atoms with E-state index in [2.05, 4.69) is 0 Å². The van der Waals surface area contributed by atoms with Gasteiger partial charge in [-0.2, -0.15) is 0 Å². The fourth-order valence-corrected chi connectivity index (χ4v) is 2.37. The molecule has 1 aromatic carbocycles. The van der Waals surface area contributed by atoms with Crippen LogP contribution in [0.15, 0.2) is 30.3 Å². The van der Waals surface area contributed by atoms with Crippen molar-refractivity contribution >= 4 is 0 Å². The fraction of sp³-hybridized carbons (Fsp3) is 0.538. The Kier molecular flexibility index (Phi) is 3.53. The maximum Gasteiger partial charge on any atom is 0.190 e. The van der Waals surface area contributed by atoms with Crippen LogP contribution in [-0.2, 0) is 14.2 Å². The van der Waals surface area contributed by atoms with Crippen LogP contribution in [0.2, 0.25) is 0 Å². The molecule has 2 aliphatic rings. The smallest absolute Gasteiger partial charge is 0.190 e. The molecule has 2 fully saturated rings. The Balaban J connectivity index is 1.77. The summed E-state index contributed by atoms with van der Waals surface area (Å²) in [7, 11) is 0. The van der Waals surface area contributed by atoms with E-state index in [4.69, 9.17) is 19.3 Å². The van der Waals surface area contributed by atoms with Crippen LogP contribution in [0, 0.1) is 0 Å². The number of benzene rings is 1. The summed E-state index contributed by atoms with van der Waals surface area (Å²) in [6, 6.07) is 9.27. The van der Waals surface area contributed by atoms with Crippen molar-refractivity contribution in [2.24, 2.45) is 0 Å². The summed E-state index contributed by atoms with van der Waals surface area (Å²) in [6.45, 7) is -0.388. The molecule has 0 saturated carbocycles. The lowest BCUT2D eigenvalue weighted by Crippen LogP contribution is -2.57. The molecule has 3 rings (SSSR count). The van der Waals surface area contributed by atoms with Gasteiger partial charge in [0.15, 0.2) is 12.6 Å². The molecule has 3 N–H and O–H groups in total. The van der Waals surface area contributed by atoms with Gasteiger partial charge in [0.25, 0.3) is 0 Å². The Morgan fingerprint density at radius 1 is 0.947 bits per heavy atom. The number of hydrogen-bond acceptors (Lipinski definition) is 6. The van der Waals surface area contributed by atoms with E-state index in [1.807, 2.05) is 30.3 Å². The summed E-state index contributed by atoms with van der Waals surface area (Å²) in [5, 5.41) is 28.8. The number of aliphatic hydroxyl groups excluding tert-OH is 3. The van der Waals surface area contributed by atoms with E-state index in [1.165, 1.54) is 0 Å². The van der Waals surface area contributed by atoms with Crippen LogP contribution in [-0.4, -0.2) is 52.6 Å². The molecule has 6 atom stereocenters. The summed E-state index contributed by atoms with van der Waals surface area (Å²) in [6.07, 6.45) is -5.40. The molecule has 0 bridgehead atoms. The lowest BCUT2D eigenvalue weighted by Gasteiger charge is -2.36. The summed E-state index contributed by atoms with van der Waals surface area (Å²) >= 11 is 0. The van der Waals surface area contributed by atoms with Gasteiger partial charge in [-0.15, -0.1) is 0 Å². The zero-order valence-corrected chi connectivity index (χ0v) is 10.1. The Morgan fingerprint density at radius 3 is 2.37 bits per heavy atom. The van der Waals surface area contributed by atoms with Crippen molar-refractivity contribution in [1.82, 2.24) is 0 Å². The van der Waals surface area contributed by atoms with E-state index >= 15 is 0 Å². The van der Waals surface area contributed by atoms with E-state index in [0.29, 0.717) is 0 Å². The first-order valence-corrected chi connectivity index (χ1v) is 6.19. The zero-order valence-electron chi connectivity index (χ0n) is 10.1. The van der Waals surface area contributed by atoms with Gasteiger partial charge in [-0.25, -0.2) is 0 Å². The minimum Gasteiger partial charge on any atom is -0.394 e. The van der Waals surface area contributed by atoms with Gasteiger partial charge in [0.1, 0.15) is 24.4 Å². The molecule has 2 heterocycles. The minimum atomic E-state index is -1.19. The van der Waals surface area contributed by atoms with Gasteiger partial charge >= 0.3 is 0 Å². The Bertz CT molecular complexity index is 424.